The summed E-state index contributed by atoms with van der Waals surface area (Å²) in [5, 5.41) is 7.31. The molecule has 0 unspecified atom stereocenters. The zero-order valence-electron chi connectivity index (χ0n) is 18.2. The molecule has 0 aliphatic heterocycles. The average Bonchev–Trinajstić information content (AvgIpc) is 3.03. The Morgan fingerprint density at radius 3 is 2.47 bits per heavy atom. The third-order valence-corrected chi connectivity index (χ3v) is 8.01. The van der Waals surface area contributed by atoms with Gasteiger partial charge in [-0.25, -0.2) is 0 Å². The van der Waals surface area contributed by atoms with Crippen LogP contribution >= 0.6 is 0 Å². The summed E-state index contributed by atoms with van der Waals surface area (Å²) in [4.78, 5) is 13.0. The summed E-state index contributed by atoms with van der Waals surface area (Å²) >= 11 is 0. The van der Waals surface area contributed by atoms with Crippen molar-refractivity contribution in [1.82, 2.24) is 10.5 Å². The van der Waals surface area contributed by atoms with Crippen molar-refractivity contribution in [2.45, 2.75) is 71.9 Å². The van der Waals surface area contributed by atoms with E-state index in [1.165, 1.54) is 38.5 Å². The van der Waals surface area contributed by atoms with Crippen LogP contribution in [0, 0.1) is 37.0 Å². The first-order valence-corrected chi connectivity index (χ1v) is 11.4. The quantitative estimate of drug-likeness (QED) is 0.713. The van der Waals surface area contributed by atoms with Crippen molar-refractivity contribution < 1.29 is 14.1 Å². The van der Waals surface area contributed by atoms with E-state index < -0.39 is 0 Å². The van der Waals surface area contributed by atoms with Crippen LogP contribution in [0.4, 0.5) is 0 Å². The van der Waals surface area contributed by atoms with Crippen LogP contribution in [0.25, 0.3) is 0 Å². The van der Waals surface area contributed by atoms with Crippen molar-refractivity contribution in [2.75, 3.05) is 0 Å². The summed E-state index contributed by atoms with van der Waals surface area (Å²) in [5.41, 5.74) is 2.76. The van der Waals surface area contributed by atoms with Gasteiger partial charge in [-0.2, -0.15) is 0 Å². The number of hydrogen-bond acceptors (Lipinski definition) is 4. The van der Waals surface area contributed by atoms with Crippen LogP contribution in [0.2, 0.25) is 0 Å². The maximum Gasteiger partial charge on any atom is 0.251 e. The molecule has 0 spiro atoms. The van der Waals surface area contributed by atoms with Crippen LogP contribution in [0.15, 0.2) is 28.8 Å². The maximum absolute atomic E-state index is 13.0. The molecule has 4 aliphatic carbocycles. The summed E-state index contributed by atoms with van der Waals surface area (Å²) in [6, 6.07) is 7.68. The van der Waals surface area contributed by atoms with Crippen molar-refractivity contribution in [3.63, 3.8) is 0 Å². The lowest BCUT2D eigenvalue weighted by atomic mass is 9.48. The summed E-state index contributed by atoms with van der Waals surface area (Å²) in [7, 11) is 0. The fraction of sp³-hybridized carbons (Fsp3) is 0.600. The number of aromatic nitrogens is 1. The van der Waals surface area contributed by atoms with E-state index in [1.54, 1.807) is 0 Å². The SMILES string of the molecule is Cc1noc(C)c1COc1cccc(C(=O)N[C@@H](C)C23CC4CC(CC(C4)C2)C3)c1. The van der Waals surface area contributed by atoms with E-state index in [-0.39, 0.29) is 11.9 Å². The number of benzene rings is 1. The van der Waals surface area contributed by atoms with Crippen molar-refractivity contribution in [3.05, 3.63) is 46.8 Å². The number of nitrogens with zero attached hydrogens (tertiary/aromatic N) is 1. The predicted octanol–water partition coefficient (Wildman–Crippen LogP) is 5.21. The Hall–Kier alpha value is -2.30. The molecule has 4 saturated carbocycles. The van der Waals surface area contributed by atoms with Gasteiger partial charge in [0.25, 0.3) is 5.91 Å². The maximum atomic E-state index is 13.0. The van der Waals surface area contributed by atoms with Gasteiger partial charge in [0.1, 0.15) is 18.1 Å². The molecule has 0 radical (unpaired) electrons. The molecule has 1 heterocycles. The zero-order valence-corrected chi connectivity index (χ0v) is 18.2. The summed E-state index contributed by atoms with van der Waals surface area (Å²) in [6.07, 6.45) is 8.14. The van der Waals surface area contributed by atoms with Crippen LogP contribution in [0.5, 0.6) is 5.75 Å². The Labute approximate surface area is 178 Å². The van der Waals surface area contributed by atoms with Gasteiger partial charge in [-0.05, 0) is 101 Å². The second-order valence-corrected chi connectivity index (χ2v) is 10.1. The fourth-order valence-corrected chi connectivity index (χ4v) is 6.73. The first kappa shape index (κ1) is 19.7. The molecule has 4 bridgehead atoms. The number of hydrogen-bond donors (Lipinski definition) is 1. The van der Waals surface area contributed by atoms with Crippen LogP contribution < -0.4 is 10.1 Å². The molecular formula is C25H32N2O3. The third kappa shape index (κ3) is 3.52. The molecule has 160 valence electrons. The summed E-state index contributed by atoms with van der Waals surface area (Å²) in [6.45, 7) is 6.40. The minimum Gasteiger partial charge on any atom is -0.489 e. The Balaban J connectivity index is 1.25. The Morgan fingerprint density at radius 2 is 1.87 bits per heavy atom. The molecule has 2 aromatic rings. The van der Waals surface area contributed by atoms with E-state index in [9.17, 15) is 4.79 Å². The molecule has 30 heavy (non-hydrogen) atoms. The minimum absolute atomic E-state index is 0.000958. The largest absolute Gasteiger partial charge is 0.489 e. The third-order valence-electron chi connectivity index (χ3n) is 8.01. The number of carbonyl (C=O) groups is 1. The molecule has 4 aliphatic rings. The standard InChI is InChI=1S/C25H32N2O3/c1-15-23(16(2)30-27-15)14-29-22-6-4-5-21(10-22)24(28)26-17(3)25-11-18-7-19(12-25)9-20(8-18)13-25/h4-6,10,17-20H,7-9,11-14H2,1-3H3,(H,26,28)/t17-,18?,19?,20?,25?/m0/s1. The Bertz CT molecular complexity index is 893. The number of amides is 1. The van der Waals surface area contributed by atoms with E-state index >= 15 is 0 Å². The number of aryl methyl sites for hydroxylation is 2. The van der Waals surface area contributed by atoms with Crippen LogP contribution in [0.3, 0.4) is 0 Å². The lowest BCUT2D eigenvalue weighted by Gasteiger charge is -2.59. The highest BCUT2D eigenvalue weighted by atomic mass is 16.5. The Morgan fingerprint density at radius 1 is 1.20 bits per heavy atom. The Kier molecular flexibility index (Phi) is 4.87. The van der Waals surface area contributed by atoms with E-state index in [0.717, 1.165) is 34.8 Å². The highest BCUT2D eigenvalue weighted by Crippen LogP contribution is 2.61. The van der Waals surface area contributed by atoms with Crippen molar-refractivity contribution >= 4 is 5.91 Å². The lowest BCUT2D eigenvalue weighted by Crippen LogP contribution is -2.55. The smallest absolute Gasteiger partial charge is 0.251 e. The van der Waals surface area contributed by atoms with Gasteiger partial charge in [-0.1, -0.05) is 11.2 Å². The average molecular weight is 409 g/mol. The molecule has 1 atom stereocenters. The molecule has 5 nitrogen and oxygen atoms in total. The van der Waals surface area contributed by atoms with Crippen LogP contribution in [-0.2, 0) is 6.61 Å². The van der Waals surface area contributed by atoms with Gasteiger partial charge in [0.15, 0.2) is 0 Å². The molecule has 1 aromatic carbocycles. The van der Waals surface area contributed by atoms with Crippen LogP contribution in [0.1, 0.15) is 72.8 Å². The minimum atomic E-state index is 0.000958. The highest BCUT2D eigenvalue weighted by Gasteiger charge is 2.53. The van der Waals surface area contributed by atoms with Crippen molar-refractivity contribution in [3.8, 4) is 5.75 Å². The molecular weight excluding hydrogens is 376 g/mol. The van der Waals surface area contributed by atoms with Gasteiger partial charge in [0.05, 0.1) is 11.3 Å². The number of carbonyl (C=O) groups excluding carboxylic acids is 1. The second kappa shape index (κ2) is 7.44. The van der Waals surface area contributed by atoms with Gasteiger partial charge in [0.2, 0.25) is 0 Å². The number of nitrogens with one attached hydrogen (secondary N) is 1. The fourth-order valence-electron chi connectivity index (χ4n) is 6.73. The van der Waals surface area contributed by atoms with Gasteiger partial charge in [0, 0.05) is 11.6 Å². The molecule has 1 amide bonds. The summed E-state index contributed by atoms with van der Waals surface area (Å²) < 4.78 is 11.1. The van der Waals surface area contributed by atoms with E-state index in [1.807, 2.05) is 38.1 Å². The monoisotopic (exact) mass is 408 g/mol. The van der Waals surface area contributed by atoms with E-state index in [0.29, 0.717) is 23.3 Å². The van der Waals surface area contributed by atoms with Gasteiger partial charge < -0.3 is 14.6 Å². The first-order chi connectivity index (χ1) is 14.4. The van der Waals surface area contributed by atoms with Gasteiger partial charge in [-0.3, -0.25) is 4.79 Å². The number of ether oxygens (including phenoxy) is 1. The van der Waals surface area contributed by atoms with Gasteiger partial charge >= 0.3 is 0 Å². The van der Waals surface area contributed by atoms with E-state index in [2.05, 4.69) is 17.4 Å². The molecule has 1 N–H and O–H groups in total. The normalized spacial score (nSPS) is 30.3. The molecule has 4 fully saturated rings. The number of rotatable bonds is 6. The van der Waals surface area contributed by atoms with Crippen molar-refractivity contribution in [2.24, 2.45) is 23.2 Å². The topological polar surface area (TPSA) is 64.4 Å². The van der Waals surface area contributed by atoms with Gasteiger partial charge in [-0.15, -0.1) is 0 Å². The van der Waals surface area contributed by atoms with Crippen molar-refractivity contribution in [1.29, 1.82) is 0 Å². The summed E-state index contributed by atoms with van der Waals surface area (Å²) in [5.74, 6) is 4.11. The molecule has 0 saturated heterocycles. The lowest BCUT2D eigenvalue weighted by molar-refractivity contribution is -0.0688. The zero-order chi connectivity index (χ0) is 20.9. The molecule has 1 aromatic heterocycles. The molecule has 6 rings (SSSR count). The highest BCUT2D eigenvalue weighted by molar-refractivity contribution is 5.94. The van der Waals surface area contributed by atoms with Crippen LogP contribution in [-0.4, -0.2) is 17.1 Å². The van der Waals surface area contributed by atoms with E-state index in [4.69, 9.17) is 9.26 Å². The second-order valence-electron chi connectivity index (χ2n) is 10.1. The first-order valence-electron chi connectivity index (χ1n) is 11.4. The predicted molar refractivity (Wildman–Crippen MR) is 114 cm³/mol. The molecule has 5 heteroatoms.